The molecule has 164 valence electrons. The second kappa shape index (κ2) is 7.83. The topological polar surface area (TPSA) is 89.7 Å². The van der Waals surface area contributed by atoms with Crippen molar-refractivity contribution in [2.24, 2.45) is 0 Å². The molecule has 9 heteroatoms. The highest BCUT2D eigenvalue weighted by molar-refractivity contribution is 6.30. The van der Waals surface area contributed by atoms with Crippen LogP contribution in [-0.4, -0.2) is 24.0 Å². The number of fused-ring (bicyclic) bond motifs is 2. The summed E-state index contributed by atoms with van der Waals surface area (Å²) in [5, 5.41) is 0.390. The number of methoxy groups -OCH3 is 1. The standard InChI is InChI=1S/C24H14ClFN2O5/c1-32-24(31)13-4-2-12(3-5-13)20-19-21(29)16-10-15(26)7-8-17(16)33-22(19)23(30)28(20)18-9-6-14(25)11-27-18/h2-11,20H,1H3. The van der Waals surface area contributed by atoms with E-state index in [2.05, 4.69) is 4.98 Å². The minimum Gasteiger partial charge on any atom is -0.465 e. The summed E-state index contributed by atoms with van der Waals surface area (Å²) in [7, 11) is 1.27. The van der Waals surface area contributed by atoms with Crippen molar-refractivity contribution in [2.45, 2.75) is 6.04 Å². The number of nitrogens with zero attached hydrogens (tertiary/aromatic N) is 2. The van der Waals surface area contributed by atoms with Crippen LogP contribution in [0.3, 0.4) is 0 Å². The van der Waals surface area contributed by atoms with Crippen molar-refractivity contribution in [3.63, 3.8) is 0 Å². The highest BCUT2D eigenvalue weighted by atomic mass is 35.5. The minimum atomic E-state index is -0.920. The molecule has 5 rings (SSSR count). The fourth-order valence-corrected chi connectivity index (χ4v) is 4.04. The van der Waals surface area contributed by atoms with Crippen LogP contribution in [0.25, 0.3) is 11.0 Å². The molecule has 3 heterocycles. The van der Waals surface area contributed by atoms with E-state index in [1.165, 1.54) is 36.4 Å². The lowest BCUT2D eigenvalue weighted by molar-refractivity contribution is 0.0600. The molecule has 33 heavy (non-hydrogen) atoms. The van der Waals surface area contributed by atoms with Gasteiger partial charge in [0.2, 0.25) is 5.76 Å². The van der Waals surface area contributed by atoms with Gasteiger partial charge in [-0.1, -0.05) is 23.7 Å². The Morgan fingerprint density at radius 1 is 1.12 bits per heavy atom. The molecular weight excluding hydrogens is 451 g/mol. The van der Waals surface area contributed by atoms with Crippen LogP contribution >= 0.6 is 11.6 Å². The van der Waals surface area contributed by atoms with Crippen molar-refractivity contribution in [2.75, 3.05) is 12.0 Å². The third-order valence-corrected chi connectivity index (χ3v) is 5.66. The van der Waals surface area contributed by atoms with E-state index in [1.54, 1.807) is 24.3 Å². The molecule has 1 aliphatic heterocycles. The van der Waals surface area contributed by atoms with E-state index in [0.29, 0.717) is 16.1 Å². The van der Waals surface area contributed by atoms with Crippen LogP contribution < -0.4 is 10.3 Å². The summed E-state index contributed by atoms with van der Waals surface area (Å²) >= 11 is 5.96. The Bertz CT molecular complexity index is 1480. The number of rotatable bonds is 3. The maximum Gasteiger partial charge on any atom is 0.337 e. The predicted molar refractivity (Wildman–Crippen MR) is 118 cm³/mol. The number of amides is 1. The van der Waals surface area contributed by atoms with E-state index < -0.39 is 29.2 Å². The number of ether oxygens (including phenoxy) is 1. The largest absolute Gasteiger partial charge is 0.465 e. The number of carbonyl (C=O) groups is 2. The van der Waals surface area contributed by atoms with E-state index >= 15 is 0 Å². The molecule has 0 spiro atoms. The summed E-state index contributed by atoms with van der Waals surface area (Å²) in [6, 6.07) is 12.0. The maximum atomic E-state index is 13.9. The number of hydrogen-bond donors (Lipinski definition) is 0. The zero-order valence-electron chi connectivity index (χ0n) is 17.0. The van der Waals surface area contributed by atoms with E-state index in [-0.39, 0.29) is 28.1 Å². The summed E-state index contributed by atoms with van der Waals surface area (Å²) in [4.78, 5) is 44.2. The van der Waals surface area contributed by atoms with Crippen LogP contribution in [0.15, 0.2) is 70.0 Å². The van der Waals surface area contributed by atoms with Gasteiger partial charge in [-0.15, -0.1) is 0 Å². The number of aromatic nitrogens is 1. The number of benzene rings is 2. The van der Waals surface area contributed by atoms with E-state index in [1.807, 2.05) is 0 Å². The van der Waals surface area contributed by atoms with E-state index in [0.717, 1.165) is 12.1 Å². The van der Waals surface area contributed by atoms with E-state index in [4.69, 9.17) is 20.8 Å². The number of hydrogen-bond acceptors (Lipinski definition) is 6. The first-order valence-electron chi connectivity index (χ1n) is 9.78. The lowest BCUT2D eigenvalue weighted by atomic mass is 9.97. The monoisotopic (exact) mass is 464 g/mol. The zero-order chi connectivity index (χ0) is 23.3. The normalized spacial score (nSPS) is 15.1. The molecule has 7 nitrogen and oxygen atoms in total. The van der Waals surface area contributed by atoms with Crippen molar-refractivity contribution < 1.29 is 23.1 Å². The molecule has 4 aromatic rings. The molecule has 0 N–H and O–H groups in total. The summed E-state index contributed by atoms with van der Waals surface area (Å²) in [5.74, 6) is -1.62. The van der Waals surface area contributed by atoms with Crippen molar-refractivity contribution in [1.29, 1.82) is 0 Å². The first-order valence-corrected chi connectivity index (χ1v) is 10.2. The molecule has 2 aromatic carbocycles. The molecule has 0 fully saturated rings. The van der Waals surface area contributed by atoms with Gasteiger partial charge in [-0.05, 0) is 48.0 Å². The number of pyridine rings is 1. The zero-order valence-corrected chi connectivity index (χ0v) is 17.8. The van der Waals surface area contributed by atoms with Gasteiger partial charge in [-0.25, -0.2) is 14.2 Å². The molecule has 1 unspecified atom stereocenters. The summed E-state index contributed by atoms with van der Waals surface area (Å²) in [6.07, 6.45) is 1.38. The molecular formula is C24H14ClFN2O5. The summed E-state index contributed by atoms with van der Waals surface area (Å²) in [6.45, 7) is 0. The predicted octanol–water partition coefficient (Wildman–Crippen LogP) is 4.52. The maximum absolute atomic E-state index is 13.9. The third-order valence-electron chi connectivity index (χ3n) is 5.44. The molecule has 2 aromatic heterocycles. The summed E-state index contributed by atoms with van der Waals surface area (Å²) in [5.41, 5.74) is 0.446. The van der Waals surface area contributed by atoms with E-state index in [9.17, 15) is 18.8 Å². The van der Waals surface area contributed by atoms with Gasteiger partial charge in [0.1, 0.15) is 17.2 Å². The first-order chi connectivity index (χ1) is 15.9. The lowest BCUT2D eigenvalue weighted by Crippen LogP contribution is -2.30. The van der Waals surface area contributed by atoms with Crippen LogP contribution in [0.1, 0.15) is 38.1 Å². The van der Waals surface area contributed by atoms with Crippen molar-refractivity contribution in [1.82, 2.24) is 4.98 Å². The SMILES string of the molecule is COC(=O)c1ccc(C2c3c(oc4ccc(F)cc4c3=O)C(=O)N2c2ccc(Cl)cn2)cc1. The van der Waals surface area contributed by atoms with Gasteiger partial charge >= 0.3 is 5.97 Å². The Morgan fingerprint density at radius 2 is 1.88 bits per heavy atom. The fourth-order valence-electron chi connectivity index (χ4n) is 3.93. The average molecular weight is 465 g/mol. The van der Waals surface area contributed by atoms with Crippen LogP contribution in [0, 0.1) is 5.82 Å². The van der Waals surface area contributed by atoms with Crippen LogP contribution in [0.4, 0.5) is 10.2 Å². The van der Waals surface area contributed by atoms with Gasteiger partial charge in [0.05, 0.1) is 34.7 Å². The lowest BCUT2D eigenvalue weighted by Gasteiger charge is -2.24. The van der Waals surface area contributed by atoms with Gasteiger partial charge in [0.25, 0.3) is 5.91 Å². The van der Waals surface area contributed by atoms with Gasteiger partial charge in [0.15, 0.2) is 5.43 Å². The molecule has 1 aliphatic rings. The molecule has 1 atom stereocenters. The Labute approximate surface area is 191 Å². The van der Waals surface area contributed by atoms with Gasteiger partial charge in [-0.2, -0.15) is 0 Å². The van der Waals surface area contributed by atoms with Crippen LogP contribution in [0.2, 0.25) is 5.02 Å². The van der Waals surface area contributed by atoms with Gasteiger partial charge in [-0.3, -0.25) is 14.5 Å². The molecule has 0 radical (unpaired) electrons. The Kier molecular flexibility index (Phi) is 4.94. The summed E-state index contributed by atoms with van der Waals surface area (Å²) < 4.78 is 24.4. The highest BCUT2D eigenvalue weighted by Crippen LogP contribution is 2.40. The van der Waals surface area contributed by atoms with Crippen molar-refractivity contribution in [3.8, 4) is 0 Å². The Balaban J connectivity index is 1.76. The molecule has 0 saturated heterocycles. The fraction of sp³-hybridized carbons (Fsp3) is 0.0833. The number of halogens is 2. The van der Waals surface area contributed by atoms with Crippen molar-refractivity contribution >= 4 is 40.3 Å². The Morgan fingerprint density at radius 3 is 2.55 bits per heavy atom. The van der Waals surface area contributed by atoms with Crippen LogP contribution in [-0.2, 0) is 4.74 Å². The minimum absolute atomic E-state index is 0.0173. The Hall–Kier alpha value is -4.04. The molecule has 0 bridgehead atoms. The van der Waals surface area contributed by atoms with Gasteiger partial charge in [0, 0.05) is 6.20 Å². The smallest absolute Gasteiger partial charge is 0.337 e. The number of esters is 1. The molecule has 1 amide bonds. The second-order valence-corrected chi connectivity index (χ2v) is 7.78. The number of anilines is 1. The van der Waals surface area contributed by atoms with Gasteiger partial charge < -0.3 is 9.15 Å². The quantitative estimate of drug-likeness (QED) is 0.414. The highest BCUT2D eigenvalue weighted by Gasteiger charge is 2.44. The third kappa shape index (κ3) is 3.35. The molecule has 0 aliphatic carbocycles. The van der Waals surface area contributed by atoms with Crippen LogP contribution in [0.5, 0.6) is 0 Å². The van der Waals surface area contributed by atoms with Crippen molar-refractivity contribution in [3.05, 3.63) is 104 Å². The average Bonchev–Trinajstić information content (AvgIpc) is 3.12. The first kappa shape index (κ1) is 20.8. The second-order valence-electron chi connectivity index (χ2n) is 7.34. The molecule has 0 saturated carbocycles. The number of carbonyl (C=O) groups excluding carboxylic acids is 2.